The molecule has 5 nitrogen and oxygen atoms in total. The minimum Gasteiger partial charge on any atom is -0.356 e. The topological polar surface area (TPSA) is 58.1 Å². The first-order chi connectivity index (χ1) is 14.5. The zero-order chi connectivity index (χ0) is 21.5. The Morgan fingerprint density at radius 2 is 1.80 bits per heavy atom. The van der Waals surface area contributed by atoms with Gasteiger partial charge in [0.15, 0.2) is 5.82 Å². The molecule has 1 heterocycles. The monoisotopic (exact) mass is 424 g/mol. The summed E-state index contributed by atoms with van der Waals surface area (Å²) in [5, 5.41) is 4.59. The maximum absolute atomic E-state index is 12.3. The number of nitrogens with one attached hydrogen (secondary N) is 1. The van der Waals surface area contributed by atoms with Crippen molar-refractivity contribution in [2.75, 3.05) is 24.5 Å². The highest BCUT2D eigenvalue weighted by atomic mass is 35.5. The molecule has 3 aromatic rings. The molecule has 158 valence electrons. The van der Waals surface area contributed by atoms with E-state index in [1.54, 1.807) is 0 Å². The highest BCUT2D eigenvalue weighted by Crippen LogP contribution is 2.31. The lowest BCUT2D eigenvalue weighted by atomic mass is 10.1. The molecule has 0 aliphatic heterocycles. The van der Waals surface area contributed by atoms with Gasteiger partial charge in [0.05, 0.1) is 10.5 Å². The Hall–Kier alpha value is -2.66. The highest BCUT2D eigenvalue weighted by Gasteiger charge is 2.17. The van der Waals surface area contributed by atoms with Gasteiger partial charge in [-0.3, -0.25) is 4.79 Å². The lowest BCUT2D eigenvalue weighted by molar-refractivity contribution is -0.121. The molecule has 3 rings (SSSR count). The molecule has 1 N–H and O–H groups in total. The van der Waals surface area contributed by atoms with Gasteiger partial charge >= 0.3 is 0 Å². The first-order valence-corrected chi connectivity index (χ1v) is 10.9. The Labute approximate surface area is 183 Å². The zero-order valence-electron chi connectivity index (χ0n) is 17.9. The van der Waals surface area contributed by atoms with Crippen LogP contribution in [0, 0.1) is 5.92 Å². The van der Waals surface area contributed by atoms with Crippen molar-refractivity contribution in [1.29, 1.82) is 0 Å². The third-order valence-corrected chi connectivity index (χ3v) is 5.14. The number of carbonyl (C=O) groups is 1. The van der Waals surface area contributed by atoms with Crippen LogP contribution < -0.4 is 10.2 Å². The molecule has 0 spiro atoms. The molecule has 0 radical (unpaired) electrons. The van der Waals surface area contributed by atoms with Crippen molar-refractivity contribution in [3.8, 4) is 11.4 Å². The van der Waals surface area contributed by atoms with E-state index in [1.807, 2.05) is 48.5 Å². The number of para-hydroxylation sites is 1. The third-order valence-electron chi connectivity index (χ3n) is 4.81. The van der Waals surface area contributed by atoms with Crippen molar-refractivity contribution in [2.45, 2.75) is 33.6 Å². The Kier molecular flexibility index (Phi) is 7.63. The zero-order valence-corrected chi connectivity index (χ0v) is 18.6. The van der Waals surface area contributed by atoms with E-state index >= 15 is 0 Å². The summed E-state index contributed by atoms with van der Waals surface area (Å²) >= 11 is 6.42. The second-order valence-electron chi connectivity index (χ2n) is 7.80. The number of nitrogens with zero attached hydrogens (tertiary/aromatic N) is 3. The van der Waals surface area contributed by atoms with Gasteiger partial charge in [0.2, 0.25) is 5.91 Å². The molecule has 0 saturated carbocycles. The fraction of sp³-hybridized carbons (Fsp3) is 0.375. The molecule has 0 fully saturated rings. The van der Waals surface area contributed by atoms with Crippen molar-refractivity contribution in [3.63, 3.8) is 0 Å². The molecule has 0 aliphatic rings. The minimum absolute atomic E-state index is 0.0643. The summed E-state index contributed by atoms with van der Waals surface area (Å²) in [7, 11) is 0. The Bertz CT molecular complexity index is 1010. The number of benzene rings is 2. The van der Waals surface area contributed by atoms with Crippen LogP contribution in [-0.4, -0.2) is 35.5 Å². The van der Waals surface area contributed by atoms with Crippen LogP contribution in [0.25, 0.3) is 22.3 Å². The summed E-state index contributed by atoms with van der Waals surface area (Å²) in [6.45, 7) is 8.41. The maximum atomic E-state index is 12.3. The molecule has 0 atom stereocenters. The van der Waals surface area contributed by atoms with Crippen LogP contribution in [0.1, 0.15) is 33.6 Å². The quantitative estimate of drug-likeness (QED) is 0.504. The molecule has 30 heavy (non-hydrogen) atoms. The largest absolute Gasteiger partial charge is 0.356 e. The van der Waals surface area contributed by atoms with Crippen LogP contribution in [0.15, 0.2) is 48.5 Å². The van der Waals surface area contributed by atoms with Gasteiger partial charge in [0, 0.05) is 37.0 Å². The summed E-state index contributed by atoms with van der Waals surface area (Å²) in [4.78, 5) is 24.1. The number of amides is 1. The number of hydrogen-bond donors (Lipinski definition) is 1. The highest BCUT2D eigenvalue weighted by molar-refractivity contribution is 6.33. The molecule has 1 aromatic heterocycles. The first-order valence-electron chi connectivity index (χ1n) is 10.5. The van der Waals surface area contributed by atoms with Crippen LogP contribution >= 0.6 is 11.6 Å². The van der Waals surface area contributed by atoms with Gasteiger partial charge in [-0.05, 0) is 36.6 Å². The van der Waals surface area contributed by atoms with Crippen molar-refractivity contribution in [2.24, 2.45) is 5.92 Å². The van der Waals surface area contributed by atoms with Crippen molar-refractivity contribution < 1.29 is 4.79 Å². The molecule has 2 aromatic carbocycles. The minimum atomic E-state index is 0.0643. The average molecular weight is 425 g/mol. The Balaban J connectivity index is 1.96. The SMILES string of the molecule is CCCN(CCC(=O)NCC(C)C)c1nc(-c2ccccc2Cl)nc2ccccc12. The van der Waals surface area contributed by atoms with E-state index in [0.29, 0.717) is 36.3 Å². The number of carbonyl (C=O) groups excluding carboxylic acids is 1. The first kappa shape index (κ1) is 22.0. The van der Waals surface area contributed by atoms with Crippen LogP contribution in [0.3, 0.4) is 0 Å². The van der Waals surface area contributed by atoms with E-state index in [0.717, 1.165) is 35.2 Å². The van der Waals surface area contributed by atoms with Gasteiger partial charge in [0.1, 0.15) is 5.82 Å². The molecular weight excluding hydrogens is 396 g/mol. The summed E-state index contributed by atoms with van der Waals surface area (Å²) in [6, 6.07) is 15.6. The predicted molar refractivity (Wildman–Crippen MR) is 125 cm³/mol. The van der Waals surface area contributed by atoms with Gasteiger partial charge in [-0.15, -0.1) is 0 Å². The van der Waals surface area contributed by atoms with Crippen molar-refractivity contribution in [1.82, 2.24) is 15.3 Å². The van der Waals surface area contributed by atoms with E-state index in [1.165, 1.54) is 0 Å². The summed E-state index contributed by atoms with van der Waals surface area (Å²) in [6.07, 6.45) is 1.37. The van der Waals surface area contributed by atoms with E-state index in [4.69, 9.17) is 21.6 Å². The Morgan fingerprint density at radius 1 is 1.07 bits per heavy atom. The predicted octanol–water partition coefficient (Wildman–Crippen LogP) is 5.33. The third kappa shape index (κ3) is 5.48. The normalized spacial score (nSPS) is 11.1. The number of fused-ring (bicyclic) bond motifs is 1. The van der Waals surface area contributed by atoms with Crippen LogP contribution in [0.5, 0.6) is 0 Å². The molecule has 0 unspecified atom stereocenters. The molecule has 0 aliphatic carbocycles. The van der Waals surface area contributed by atoms with Crippen LogP contribution in [0.4, 0.5) is 5.82 Å². The lowest BCUT2D eigenvalue weighted by Crippen LogP contribution is -2.33. The maximum Gasteiger partial charge on any atom is 0.221 e. The standard InChI is InChI=1S/C24H29ClN4O/c1-4-14-29(15-13-22(30)26-16-17(2)3)24-19-10-6-8-12-21(19)27-23(28-24)18-9-5-7-11-20(18)25/h5-12,17H,4,13-16H2,1-3H3,(H,26,30). The molecule has 0 saturated heterocycles. The fourth-order valence-corrected chi connectivity index (χ4v) is 3.52. The van der Waals surface area contributed by atoms with E-state index < -0.39 is 0 Å². The smallest absolute Gasteiger partial charge is 0.221 e. The molecular formula is C24H29ClN4O. The van der Waals surface area contributed by atoms with Crippen LogP contribution in [0.2, 0.25) is 5.02 Å². The molecule has 0 bridgehead atoms. The molecule has 6 heteroatoms. The van der Waals surface area contributed by atoms with Crippen molar-refractivity contribution in [3.05, 3.63) is 53.6 Å². The second-order valence-corrected chi connectivity index (χ2v) is 8.21. The number of halogens is 1. The Morgan fingerprint density at radius 3 is 2.53 bits per heavy atom. The summed E-state index contributed by atoms with van der Waals surface area (Å²) < 4.78 is 0. The average Bonchev–Trinajstić information content (AvgIpc) is 2.74. The number of aromatic nitrogens is 2. The lowest BCUT2D eigenvalue weighted by Gasteiger charge is -2.25. The second kappa shape index (κ2) is 10.4. The van der Waals surface area contributed by atoms with E-state index in [-0.39, 0.29) is 5.91 Å². The van der Waals surface area contributed by atoms with Crippen LogP contribution in [-0.2, 0) is 4.79 Å². The summed E-state index contributed by atoms with van der Waals surface area (Å²) in [5.74, 6) is 1.94. The van der Waals surface area contributed by atoms with E-state index in [9.17, 15) is 4.79 Å². The molecule has 1 amide bonds. The van der Waals surface area contributed by atoms with Gasteiger partial charge in [-0.25, -0.2) is 9.97 Å². The van der Waals surface area contributed by atoms with Gasteiger partial charge in [0.25, 0.3) is 0 Å². The number of hydrogen-bond acceptors (Lipinski definition) is 4. The fourth-order valence-electron chi connectivity index (χ4n) is 3.30. The van der Waals surface area contributed by atoms with E-state index in [2.05, 4.69) is 31.0 Å². The number of rotatable bonds is 9. The van der Waals surface area contributed by atoms with Crippen molar-refractivity contribution >= 4 is 34.2 Å². The van der Waals surface area contributed by atoms with Gasteiger partial charge in [-0.2, -0.15) is 0 Å². The number of anilines is 1. The summed E-state index contributed by atoms with van der Waals surface area (Å²) in [5.41, 5.74) is 1.67. The van der Waals surface area contributed by atoms with Gasteiger partial charge in [-0.1, -0.05) is 56.6 Å². The van der Waals surface area contributed by atoms with Gasteiger partial charge < -0.3 is 10.2 Å².